The summed E-state index contributed by atoms with van der Waals surface area (Å²) in [5.74, 6) is 0.441. The van der Waals surface area contributed by atoms with E-state index in [1.54, 1.807) is 16.7 Å². The van der Waals surface area contributed by atoms with Crippen molar-refractivity contribution in [3.63, 3.8) is 0 Å². The summed E-state index contributed by atoms with van der Waals surface area (Å²) in [7, 11) is 0. The Morgan fingerprint density at radius 2 is 2.13 bits per heavy atom. The molecule has 1 aromatic heterocycles. The Morgan fingerprint density at radius 1 is 1.47 bits per heavy atom. The zero-order chi connectivity index (χ0) is 11.4. The van der Waals surface area contributed by atoms with Crippen LogP contribution in [0.5, 0.6) is 0 Å². The average molecular weight is 208 g/mol. The Bertz CT molecular complexity index is 370. The Morgan fingerprint density at radius 3 is 2.67 bits per heavy atom. The van der Waals surface area contributed by atoms with Crippen LogP contribution < -0.4 is 11.3 Å². The van der Waals surface area contributed by atoms with Gasteiger partial charge in [-0.05, 0) is 18.9 Å². The molecule has 0 aliphatic carbocycles. The van der Waals surface area contributed by atoms with Gasteiger partial charge < -0.3 is 10.3 Å². The number of nitrogens with two attached hydrogens (primary N) is 1. The molecule has 0 bridgehead atoms. The van der Waals surface area contributed by atoms with Gasteiger partial charge in [-0.3, -0.25) is 4.79 Å². The lowest BCUT2D eigenvalue weighted by Crippen LogP contribution is -2.37. The topological polar surface area (TPSA) is 48.0 Å². The maximum absolute atomic E-state index is 11.6. The zero-order valence-electron chi connectivity index (χ0n) is 9.73. The molecule has 2 atom stereocenters. The Kier molecular flexibility index (Phi) is 4.09. The fourth-order valence-corrected chi connectivity index (χ4v) is 1.55. The number of hydrogen-bond acceptors (Lipinski definition) is 2. The van der Waals surface area contributed by atoms with Gasteiger partial charge >= 0.3 is 0 Å². The van der Waals surface area contributed by atoms with Gasteiger partial charge in [-0.25, -0.2) is 0 Å². The number of nitrogens with zero attached hydrogens (tertiary/aromatic N) is 1. The molecule has 1 rings (SSSR count). The first kappa shape index (κ1) is 12.0. The maximum atomic E-state index is 11.6. The standard InChI is InChI=1S/C12H20N2O/c1-4-9(2)11(13)8-14-10(3)6-5-7-12(14)15/h5-7,9,11H,4,8,13H2,1-3H3. The van der Waals surface area contributed by atoms with Gasteiger partial charge in [0.1, 0.15) is 0 Å². The van der Waals surface area contributed by atoms with Crippen LogP contribution in [0.3, 0.4) is 0 Å². The second kappa shape index (κ2) is 5.12. The zero-order valence-corrected chi connectivity index (χ0v) is 9.73. The monoisotopic (exact) mass is 208 g/mol. The van der Waals surface area contributed by atoms with Crippen LogP contribution in [-0.2, 0) is 6.54 Å². The smallest absolute Gasteiger partial charge is 0.250 e. The van der Waals surface area contributed by atoms with E-state index < -0.39 is 0 Å². The van der Waals surface area contributed by atoms with Crippen LogP contribution in [0.25, 0.3) is 0 Å². The maximum Gasteiger partial charge on any atom is 0.250 e. The molecule has 0 spiro atoms. The van der Waals surface area contributed by atoms with Gasteiger partial charge in [0.15, 0.2) is 0 Å². The van der Waals surface area contributed by atoms with E-state index in [-0.39, 0.29) is 11.6 Å². The molecule has 0 aromatic carbocycles. The van der Waals surface area contributed by atoms with Gasteiger partial charge in [0.25, 0.3) is 5.56 Å². The van der Waals surface area contributed by atoms with Crippen LogP contribution in [-0.4, -0.2) is 10.6 Å². The van der Waals surface area contributed by atoms with Crippen LogP contribution in [0.1, 0.15) is 26.0 Å². The summed E-state index contributed by atoms with van der Waals surface area (Å²) in [6.07, 6.45) is 1.04. The largest absolute Gasteiger partial charge is 0.326 e. The number of pyridine rings is 1. The van der Waals surface area contributed by atoms with E-state index in [4.69, 9.17) is 5.73 Å². The summed E-state index contributed by atoms with van der Waals surface area (Å²) < 4.78 is 1.75. The molecule has 0 fully saturated rings. The summed E-state index contributed by atoms with van der Waals surface area (Å²) in [6.45, 7) is 6.78. The molecule has 1 heterocycles. The number of rotatable bonds is 4. The summed E-state index contributed by atoms with van der Waals surface area (Å²) >= 11 is 0. The van der Waals surface area contributed by atoms with E-state index in [2.05, 4.69) is 13.8 Å². The molecule has 3 heteroatoms. The van der Waals surface area contributed by atoms with Crippen LogP contribution in [0, 0.1) is 12.8 Å². The van der Waals surface area contributed by atoms with Crippen molar-refractivity contribution in [1.29, 1.82) is 0 Å². The van der Waals surface area contributed by atoms with Crippen molar-refractivity contribution >= 4 is 0 Å². The Balaban J connectivity index is 2.85. The van der Waals surface area contributed by atoms with Crippen LogP contribution in [0.2, 0.25) is 0 Å². The van der Waals surface area contributed by atoms with E-state index >= 15 is 0 Å². The fourth-order valence-electron chi connectivity index (χ4n) is 1.55. The SMILES string of the molecule is CCC(C)C(N)Cn1c(C)cccc1=O. The highest BCUT2D eigenvalue weighted by Gasteiger charge is 2.12. The molecule has 3 nitrogen and oxygen atoms in total. The Hall–Kier alpha value is -1.09. The lowest BCUT2D eigenvalue weighted by molar-refractivity contribution is 0.389. The molecule has 15 heavy (non-hydrogen) atoms. The first-order valence-electron chi connectivity index (χ1n) is 5.48. The molecule has 0 aliphatic rings. The van der Waals surface area contributed by atoms with Gasteiger partial charge in [0.2, 0.25) is 0 Å². The molecule has 0 aliphatic heterocycles. The minimum absolute atomic E-state index is 0.0359. The van der Waals surface area contributed by atoms with Crippen LogP contribution >= 0.6 is 0 Å². The highest BCUT2D eigenvalue weighted by Crippen LogP contribution is 2.07. The van der Waals surface area contributed by atoms with E-state index in [0.717, 1.165) is 12.1 Å². The molecule has 0 saturated carbocycles. The molecule has 0 radical (unpaired) electrons. The number of aromatic nitrogens is 1. The van der Waals surface area contributed by atoms with Crippen LogP contribution in [0.4, 0.5) is 0 Å². The predicted molar refractivity (Wildman–Crippen MR) is 62.9 cm³/mol. The lowest BCUT2D eigenvalue weighted by Gasteiger charge is -2.20. The summed E-state index contributed by atoms with van der Waals surface area (Å²) in [5.41, 5.74) is 7.05. The molecule has 2 N–H and O–H groups in total. The highest BCUT2D eigenvalue weighted by atomic mass is 16.1. The minimum Gasteiger partial charge on any atom is -0.326 e. The predicted octanol–water partition coefficient (Wildman–Crippen LogP) is 1.53. The second-order valence-corrected chi connectivity index (χ2v) is 4.17. The Labute approximate surface area is 90.9 Å². The van der Waals surface area contributed by atoms with E-state index in [1.165, 1.54) is 0 Å². The fraction of sp³-hybridized carbons (Fsp3) is 0.583. The van der Waals surface area contributed by atoms with Crippen molar-refractivity contribution in [2.24, 2.45) is 11.7 Å². The quantitative estimate of drug-likeness (QED) is 0.815. The third-order valence-electron chi connectivity index (χ3n) is 3.04. The van der Waals surface area contributed by atoms with Gasteiger partial charge in [-0.15, -0.1) is 0 Å². The van der Waals surface area contributed by atoms with Crippen molar-refractivity contribution in [2.45, 2.75) is 39.8 Å². The van der Waals surface area contributed by atoms with Crippen molar-refractivity contribution in [3.8, 4) is 0 Å². The molecular formula is C12H20N2O. The molecule has 0 saturated heterocycles. The first-order chi connectivity index (χ1) is 7.06. The van der Waals surface area contributed by atoms with E-state index in [1.807, 2.05) is 13.0 Å². The van der Waals surface area contributed by atoms with Gasteiger partial charge in [-0.1, -0.05) is 26.3 Å². The van der Waals surface area contributed by atoms with Crippen molar-refractivity contribution in [1.82, 2.24) is 4.57 Å². The van der Waals surface area contributed by atoms with Gasteiger partial charge in [-0.2, -0.15) is 0 Å². The molecule has 2 unspecified atom stereocenters. The van der Waals surface area contributed by atoms with E-state index in [0.29, 0.717) is 12.5 Å². The summed E-state index contributed by atoms with van der Waals surface area (Å²) in [5, 5.41) is 0. The summed E-state index contributed by atoms with van der Waals surface area (Å²) in [4.78, 5) is 11.6. The van der Waals surface area contributed by atoms with E-state index in [9.17, 15) is 4.79 Å². The van der Waals surface area contributed by atoms with Gasteiger partial charge in [0.05, 0.1) is 0 Å². The molecule has 1 aromatic rings. The summed E-state index contributed by atoms with van der Waals surface area (Å²) in [6, 6.07) is 5.35. The minimum atomic E-state index is 0.0359. The normalized spacial score (nSPS) is 14.9. The number of hydrogen-bond donors (Lipinski definition) is 1. The number of aryl methyl sites for hydroxylation is 1. The molecule has 0 amide bonds. The van der Waals surface area contributed by atoms with Gasteiger partial charge in [0, 0.05) is 24.3 Å². The second-order valence-electron chi connectivity index (χ2n) is 4.17. The first-order valence-corrected chi connectivity index (χ1v) is 5.48. The highest BCUT2D eigenvalue weighted by molar-refractivity contribution is 5.04. The van der Waals surface area contributed by atoms with Crippen molar-refractivity contribution in [2.75, 3.05) is 0 Å². The van der Waals surface area contributed by atoms with Crippen LogP contribution in [0.15, 0.2) is 23.0 Å². The average Bonchev–Trinajstić information content (AvgIpc) is 2.22. The van der Waals surface area contributed by atoms with Crippen molar-refractivity contribution in [3.05, 3.63) is 34.2 Å². The molecule has 84 valence electrons. The third kappa shape index (κ3) is 2.93. The van der Waals surface area contributed by atoms with Crippen molar-refractivity contribution < 1.29 is 0 Å². The lowest BCUT2D eigenvalue weighted by atomic mass is 10.00. The molecular weight excluding hydrogens is 188 g/mol. The third-order valence-corrected chi connectivity index (χ3v) is 3.04.